The maximum atomic E-state index is 11.0. The summed E-state index contributed by atoms with van der Waals surface area (Å²) in [4.78, 5) is 11.3. The Labute approximate surface area is 111 Å². The first-order chi connectivity index (χ1) is 8.56. The van der Waals surface area contributed by atoms with E-state index in [1.165, 1.54) is 0 Å². The summed E-state index contributed by atoms with van der Waals surface area (Å²) in [5, 5.41) is 2.52. The lowest BCUT2D eigenvalue weighted by Crippen LogP contribution is -2.20. The van der Waals surface area contributed by atoms with Crippen molar-refractivity contribution >= 4 is 23.1 Å². The number of thiocarbonyl (C=S) groups is 1. The topological polar surface area (TPSA) is 73.6 Å². The van der Waals surface area contributed by atoms with Crippen LogP contribution in [-0.2, 0) is 4.79 Å². The molecular formula is C12H16N2O3S. The lowest BCUT2D eigenvalue weighted by atomic mass is 10.2. The van der Waals surface area contributed by atoms with Crippen molar-refractivity contribution in [2.45, 2.75) is 6.42 Å². The number of methoxy groups -OCH3 is 1. The smallest absolute Gasteiger partial charge is 0.223 e. The van der Waals surface area contributed by atoms with E-state index in [0.29, 0.717) is 17.1 Å². The summed E-state index contributed by atoms with van der Waals surface area (Å²) < 4.78 is 10.6. The van der Waals surface area contributed by atoms with E-state index < -0.39 is 0 Å². The van der Waals surface area contributed by atoms with Crippen LogP contribution in [0.25, 0.3) is 0 Å². The minimum atomic E-state index is -0.0764. The molecule has 5 nitrogen and oxygen atoms in total. The lowest BCUT2D eigenvalue weighted by Gasteiger charge is -2.10. The van der Waals surface area contributed by atoms with Crippen molar-refractivity contribution in [2.75, 3.05) is 20.8 Å². The molecule has 0 aliphatic heterocycles. The first-order valence-electron chi connectivity index (χ1n) is 5.39. The molecule has 0 aliphatic carbocycles. The van der Waals surface area contributed by atoms with Crippen molar-refractivity contribution in [3.05, 3.63) is 23.8 Å². The van der Waals surface area contributed by atoms with Crippen LogP contribution in [0.2, 0.25) is 0 Å². The summed E-state index contributed by atoms with van der Waals surface area (Å²) in [6, 6.07) is 5.16. The third kappa shape index (κ3) is 4.21. The first-order valence-corrected chi connectivity index (χ1v) is 5.80. The predicted molar refractivity (Wildman–Crippen MR) is 73.1 cm³/mol. The molecule has 98 valence electrons. The SMILES string of the molecule is CNC(=O)CCOc1cc(OC)cc(C(N)=S)c1. The average Bonchev–Trinajstić information content (AvgIpc) is 2.37. The number of hydrogen-bond acceptors (Lipinski definition) is 4. The van der Waals surface area contributed by atoms with E-state index in [1.54, 1.807) is 32.4 Å². The maximum absolute atomic E-state index is 11.0. The summed E-state index contributed by atoms with van der Waals surface area (Å²) in [6.45, 7) is 0.281. The highest BCUT2D eigenvalue weighted by Gasteiger charge is 2.05. The van der Waals surface area contributed by atoms with Crippen molar-refractivity contribution in [1.82, 2.24) is 5.32 Å². The molecule has 6 heteroatoms. The number of carbonyl (C=O) groups excluding carboxylic acids is 1. The highest BCUT2D eigenvalue weighted by Crippen LogP contribution is 2.22. The number of benzene rings is 1. The molecule has 0 spiro atoms. The molecule has 1 aromatic rings. The van der Waals surface area contributed by atoms with Gasteiger partial charge in [0.1, 0.15) is 16.5 Å². The highest BCUT2D eigenvalue weighted by molar-refractivity contribution is 7.80. The Kier molecular flexibility index (Phi) is 5.38. The van der Waals surface area contributed by atoms with Crippen LogP contribution in [0.1, 0.15) is 12.0 Å². The Morgan fingerprint density at radius 1 is 1.39 bits per heavy atom. The van der Waals surface area contributed by atoms with Gasteiger partial charge >= 0.3 is 0 Å². The standard InChI is InChI=1S/C12H16N2O3S/c1-14-11(15)3-4-17-10-6-8(12(13)18)5-9(7-10)16-2/h5-7H,3-4H2,1-2H3,(H2,13,18)(H,14,15). The van der Waals surface area contributed by atoms with E-state index in [1.807, 2.05) is 0 Å². The number of hydrogen-bond donors (Lipinski definition) is 2. The van der Waals surface area contributed by atoms with Crippen LogP contribution in [0, 0.1) is 0 Å². The zero-order valence-corrected chi connectivity index (χ0v) is 11.2. The average molecular weight is 268 g/mol. The fourth-order valence-electron chi connectivity index (χ4n) is 1.30. The second-order valence-corrected chi connectivity index (χ2v) is 3.97. The molecule has 1 aromatic carbocycles. The molecule has 0 atom stereocenters. The molecular weight excluding hydrogens is 252 g/mol. The van der Waals surface area contributed by atoms with Crippen molar-refractivity contribution in [1.29, 1.82) is 0 Å². The van der Waals surface area contributed by atoms with Crippen LogP contribution in [0.5, 0.6) is 11.5 Å². The highest BCUT2D eigenvalue weighted by atomic mass is 32.1. The summed E-state index contributed by atoms with van der Waals surface area (Å²) >= 11 is 4.90. The Hall–Kier alpha value is -1.82. The van der Waals surface area contributed by atoms with E-state index >= 15 is 0 Å². The first kappa shape index (κ1) is 14.2. The Morgan fingerprint density at radius 2 is 2.06 bits per heavy atom. The minimum Gasteiger partial charge on any atom is -0.497 e. The number of carbonyl (C=O) groups is 1. The summed E-state index contributed by atoms with van der Waals surface area (Å²) in [5.41, 5.74) is 6.23. The van der Waals surface area contributed by atoms with E-state index in [4.69, 9.17) is 27.4 Å². The Morgan fingerprint density at radius 3 is 2.61 bits per heavy atom. The molecule has 0 aromatic heterocycles. The lowest BCUT2D eigenvalue weighted by molar-refractivity contribution is -0.121. The van der Waals surface area contributed by atoms with Gasteiger partial charge < -0.3 is 20.5 Å². The predicted octanol–water partition coefficient (Wildman–Crippen LogP) is 0.844. The molecule has 1 rings (SSSR count). The zero-order chi connectivity index (χ0) is 13.5. The molecule has 0 saturated heterocycles. The van der Waals surface area contributed by atoms with Gasteiger partial charge in [0.2, 0.25) is 5.91 Å². The van der Waals surface area contributed by atoms with Crippen LogP contribution in [0.15, 0.2) is 18.2 Å². The van der Waals surface area contributed by atoms with E-state index in [-0.39, 0.29) is 23.9 Å². The van der Waals surface area contributed by atoms with Gasteiger partial charge in [-0.05, 0) is 12.1 Å². The van der Waals surface area contributed by atoms with Gasteiger partial charge in [-0.2, -0.15) is 0 Å². The molecule has 1 amide bonds. The van der Waals surface area contributed by atoms with Crippen molar-refractivity contribution < 1.29 is 14.3 Å². The third-order valence-corrected chi connectivity index (χ3v) is 2.51. The van der Waals surface area contributed by atoms with Gasteiger partial charge in [0.25, 0.3) is 0 Å². The summed E-state index contributed by atoms with van der Waals surface area (Å²) in [6.07, 6.45) is 0.288. The van der Waals surface area contributed by atoms with Crippen molar-refractivity contribution in [3.63, 3.8) is 0 Å². The molecule has 0 bridgehead atoms. The van der Waals surface area contributed by atoms with Crippen LogP contribution >= 0.6 is 12.2 Å². The number of nitrogens with two attached hydrogens (primary N) is 1. The van der Waals surface area contributed by atoms with Gasteiger partial charge in [0, 0.05) is 18.7 Å². The van der Waals surface area contributed by atoms with Gasteiger partial charge in [-0.15, -0.1) is 0 Å². The minimum absolute atomic E-state index is 0.0764. The molecule has 0 fully saturated rings. The normalized spacial score (nSPS) is 9.67. The van der Waals surface area contributed by atoms with E-state index in [9.17, 15) is 4.79 Å². The monoisotopic (exact) mass is 268 g/mol. The van der Waals surface area contributed by atoms with E-state index in [0.717, 1.165) is 0 Å². The molecule has 0 aliphatic rings. The Bertz CT molecular complexity index is 449. The third-order valence-electron chi connectivity index (χ3n) is 2.28. The molecule has 3 N–H and O–H groups in total. The number of amides is 1. The van der Waals surface area contributed by atoms with Gasteiger partial charge in [-0.3, -0.25) is 4.79 Å². The van der Waals surface area contributed by atoms with Crippen LogP contribution in [0.3, 0.4) is 0 Å². The van der Waals surface area contributed by atoms with Gasteiger partial charge in [-0.25, -0.2) is 0 Å². The van der Waals surface area contributed by atoms with E-state index in [2.05, 4.69) is 5.32 Å². The molecule has 0 radical (unpaired) electrons. The van der Waals surface area contributed by atoms with Crippen molar-refractivity contribution in [2.24, 2.45) is 5.73 Å². The zero-order valence-electron chi connectivity index (χ0n) is 10.4. The van der Waals surface area contributed by atoms with Gasteiger partial charge in [-0.1, -0.05) is 12.2 Å². The summed E-state index contributed by atoms with van der Waals surface area (Å²) in [5.74, 6) is 1.10. The van der Waals surface area contributed by atoms with Crippen LogP contribution < -0.4 is 20.5 Å². The fraction of sp³-hybridized carbons (Fsp3) is 0.333. The number of rotatable bonds is 6. The molecule has 0 saturated carbocycles. The summed E-state index contributed by atoms with van der Waals surface area (Å²) in [7, 11) is 3.13. The second-order valence-electron chi connectivity index (χ2n) is 3.53. The van der Waals surface area contributed by atoms with Gasteiger partial charge in [0.05, 0.1) is 20.1 Å². The molecule has 18 heavy (non-hydrogen) atoms. The largest absolute Gasteiger partial charge is 0.497 e. The van der Waals surface area contributed by atoms with Crippen LogP contribution in [-0.4, -0.2) is 31.7 Å². The maximum Gasteiger partial charge on any atom is 0.223 e. The van der Waals surface area contributed by atoms with Gasteiger partial charge in [0.15, 0.2) is 0 Å². The number of ether oxygens (including phenoxy) is 2. The molecule has 0 unspecified atom stereocenters. The molecule has 0 heterocycles. The second kappa shape index (κ2) is 6.80. The van der Waals surface area contributed by atoms with Crippen molar-refractivity contribution in [3.8, 4) is 11.5 Å². The quantitative estimate of drug-likeness (QED) is 0.748. The fourth-order valence-corrected chi connectivity index (χ4v) is 1.42. The van der Waals surface area contributed by atoms with Crippen LogP contribution in [0.4, 0.5) is 0 Å². The Balaban J connectivity index is 2.72. The number of nitrogens with one attached hydrogen (secondary N) is 1.